The van der Waals surface area contributed by atoms with Gasteiger partial charge < -0.3 is 4.74 Å². The van der Waals surface area contributed by atoms with Gasteiger partial charge in [0.2, 0.25) is 0 Å². The molecular formula is C26H44O2. The molecule has 8 unspecified atom stereocenters. The summed E-state index contributed by atoms with van der Waals surface area (Å²) < 4.78 is 5.86. The minimum Gasteiger partial charge on any atom is -0.462 e. The fourth-order valence-electron chi connectivity index (χ4n) is 8.57. The van der Waals surface area contributed by atoms with Crippen molar-refractivity contribution in [3.63, 3.8) is 0 Å². The van der Waals surface area contributed by atoms with Crippen LogP contribution in [0.2, 0.25) is 0 Å². The Kier molecular flexibility index (Phi) is 5.64. The minimum atomic E-state index is 0.0534. The Morgan fingerprint density at radius 2 is 1.68 bits per heavy atom. The predicted octanol–water partition coefficient (Wildman–Crippen LogP) is 7.01. The molecule has 4 rings (SSSR count). The van der Waals surface area contributed by atoms with Crippen molar-refractivity contribution < 1.29 is 9.53 Å². The second-order valence-corrected chi connectivity index (χ2v) is 12.0. The van der Waals surface area contributed by atoms with Crippen molar-refractivity contribution in [3.05, 3.63) is 0 Å². The Morgan fingerprint density at radius 3 is 2.43 bits per heavy atom. The average Bonchev–Trinajstić information content (AvgIpc) is 2.99. The molecule has 4 fully saturated rings. The third kappa shape index (κ3) is 3.35. The SMILES string of the molecule is CC(C)CCCC(C)C1CCC2C3CCC4OC(=O)CCC4(C)C3CCC12C. The molecular weight excluding hydrogens is 344 g/mol. The third-order valence-electron chi connectivity index (χ3n) is 10.1. The maximum absolute atomic E-state index is 11.9. The van der Waals surface area contributed by atoms with Crippen molar-refractivity contribution in [2.75, 3.05) is 0 Å². The lowest BCUT2D eigenvalue weighted by molar-refractivity contribution is -0.192. The smallest absolute Gasteiger partial charge is 0.306 e. The van der Waals surface area contributed by atoms with Gasteiger partial charge in [-0.3, -0.25) is 4.79 Å². The topological polar surface area (TPSA) is 26.3 Å². The molecule has 0 aromatic rings. The minimum absolute atomic E-state index is 0.0534. The van der Waals surface area contributed by atoms with Gasteiger partial charge in [-0.1, -0.05) is 53.9 Å². The maximum atomic E-state index is 11.9. The summed E-state index contributed by atoms with van der Waals surface area (Å²) >= 11 is 0. The van der Waals surface area contributed by atoms with E-state index in [0.717, 1.165) is 48.3 Å². The third-order valence-corrected chi connectivity index (χ3v) is 10.1. The van der Waals surface area contributed by atoms with Gasteiger partial charge in [0, 0.05) is 11.8 Å². The molecule has 2 nitrogen and oxygen atoms in total. The zero-order valence-electron chi connectivity index (χ0n) is 19.1. The Balaban J connectivity index is 1.47. The summed E-state index contributed by atoms with van der Waals surface area (Å²) in [4.78, 5) is 11.9. The Morgan fingerprint density at radius 1 is 0.929 bits per heavy atom. The molecule has 3 saturated carbocycles. The van der Waals surface area contributed by atoms with Crippen LogP contribution in [0.3, 0.4) is 0 Å². The Hall–Kier alpha value is -0.530. The summed E-state index contributed by atoms with van der Waals surface area (Å²) in [7, 11) is 0. The monoisotopic (exact) mass is 388 g/mol. The van der Waals surface area contributed by atoms with E-state index in [1.807, 2.05) is 0 Å². The van der Waals surface area contributed by atoms with Crippen molar-refractivity contribution in [1.82, 2.24) is 0 Å². The fourth-order valence-corrected chi connectivity index (χ4v) is 8.57. The summed E-state index contributed by atoms with van der Waals surface area (Å²) in [5.41, 5.74) is 0.812. The molecule has 3 aliphatic carbocycles. The van der Waals surface area contributed by atoms with Crippen molar-refractivity contribution in [2.24, 2.45) is 46.3 Å². The van der Waals surface area contributed by atoms with E-state index in [4.69, 9.17) is 4.74 Å². The molecule has 0 aromatic carbocycles. The van der Waals surface area contributed by atoms with Gasteiger partial charge in [-0.25, -0.2) is 0 Å². The molecule has 1 saturated heterocycles. The fraction of sp³-hybridized carbons (Fsp3) is 0.962. The largest absolute Gasteiger partial charge is 0.462 e. The van der Waals surface area contributed by atoms with E-state index >= 15 is 0 Å². The van der Waals surface area contributed by atoms with Gasteiger partial charge in [-0.15, -0.1) is 0 Å². The summed E-state index contributed by atoms with van der Waals surface area (Å²) in [6.07, 6.45) is 14.3. The molecule has 0 spiro atoms. The highest BCUT2D eigenvalue weighted by atomic mass is 16.5. The number of esters is 1. The molecule has 1 aliphatic heterocycles. The van der Waals surface area contributed by atoms with Gasteiger partial charge in [-0.2, -0.15) is 0 Å². The van der Waals surface area contributed by atoms with Crippen LogP contribution in [0.1, 0.15) is 105 Å². The number of carbonyl (C=O) groups is 1. The molecule has 0 aromatic heterocycles. The first-order valence-electron chi connectivity index (χ1n) is 12.4. The van der Waals surface area contributed by atoms with Crippen LogP contribution in [-0.2, 0) is 9.53 Å². The Labute approximate surface area is 173 Å². The van der Waals surface area contributed by atoms with E-state index in [1.54, 1.807) is 0 Å². The predicted molar refractivity (Wildman–Crippen MR) is 115 cm³/mol. The van der Waals surface area contributed by atoms with Crippen LogP contribution in [0.25, 0.3) is 0 Å². The summed E-state index contributed by atoms with van der Waals surface area (Å²) in [5.74, 6) is 5.29. The first kappa shape index (κ1) is 20.7. The first-order valence-corrected chi connectivity index (χ1v) is 12.4. The van der Waals surface area contributed by atoms with E-state index < -0.39 is 0 Å². The van der Waals surface area contributed by atoms with E-state index in [1.165, 1.54) is 51.4 Å². The zero-order valence-corrected chi connectivity index (χ0v) is 19.1. The summed E-state index contributed by atoms with van der Waals surface area (Å²) in [5, 5.41) is 0. The maximum Gasteiger partial charge on any atom is 0.306 e. The van der Waals surface area contributed by atoms with Crippen LogP contribution in [0.5, 0.6) is 0 Å². The lowest BCUT2D eigenvalue weighted by Gasteiger charge is -2.59. The highest BCUT2D eigenvalue weighted by Gasteiger charge is 2.61. The van der Waals surface area contributed by atoms with E-state index in [0.29, 0.717) is 11.8 Å². The van der Waals surface area contributed by atoms with Crippen molar-refractivity contribution in [3.8, 4) is 0 Å². The van der Waals surface area contributed by atoms with E-state index in [-0.39, 0.29) is 17.5 Å². The average molecular weight is 389 g/mol. The van der Waals surface area contributed by atoms with Crippen LogP contribution < -0.4 is 0 Å². The van der Waals surface area contributed by atoms with E-state index in [9.17, 15) is 4.79 Å². The van der Waals surface area contributed by atoms with Gasteiger partial charge in [-0.05, 0) is 85.9 Å². The number of carbonyl (C=O) groups excluding carboxylic acids is 1. The molecule has 4 aliphatic rings. The molecule has 0 bridgehead atoms. The van der Waals surface area contributed by atoms with Crippen molar-refractivity contribution in [2.45, 2.75) is 111 Å². The quantitative estimate of drug-likeness (QED) is 0.473. The number of ether oxygens (including phenoxy) is 1. The van der Waals surface area contributed by atoms with E-state index in [2.05, 4.69) is 34.6 Å². The lowest BCUT2D eigenvalue weighted by Crippen LogP contribution is -2.56. The van der Waals surface area contributed by atoms with Crippen LogP contribution in [0, 0.1) is 46.3 Å². The van der Waals surface area contributed by atoms with Crippen molar-refractivity contribution in [1.29, 1.82) is 0 Å². The molecule has 1 heterocycles. The second-order valence-electron chi connectivity index (χ2n) is 12.0. The standard InChI is InChI=1S/C26H44O2/c1-17(2)7-6-8-18(3)20-10-11-21-19-9-12-23-26(5,16-14-24(27)28-23)22(19)13-15-25(20,21)4/h17-23H,6-16H2,1-5H3. The lowest BCUT2D eigenvalue weighted by atomic mass is 9.47. The number of hydrogen-bond donors (Lipinski definition) is 0. The van der Waals surface area contributed by atoms with Crippen LogP contribution >= 0.6 is 0 Å². The van der Waals surface area contributed by atoms with Gasteiger partial charge in [0.25, 0.3) is 0 Å². The zero-order chi connectivity index (χ0) is 20.1. The summed E-state index contributed by atoms with van der Waals surface area (Å²) in [6.45, 7) is 12.4. The number of rotatable bonds is 5. The van der Waals surface area contributed by atoms with Crippen LogP contribution in [-0.4, -0.2) is 12.1 Å². The molecule has 0 amide bonds. The highest BCUT2D eigenvalue weighted by Crippen LogP contribution is 2.67. The van der Waals surface area contributed by atoms with Gasteiger partial charge in [0.15, 0.2) is 0 Å². The second kappa shape index (κ2) is 7.62. The summed E-state index contributed by atoms with van der Waals surface area (Å²) in [6, 6.07) is 0. The van der Waals surface area contributed by atoms with Gasteiger partial charge in [0.1, 0.15) is 6.10 Å². The molecule has 8 atom stereocenters. The van der Waals surface area contributed by atoms with Gasteiger partial charge >= 0.3 is 5.97 Å². The van der Waals surface area contributed by atoms with Gasteiger partial charge in [0.05, 0.1) is 0 Å². The number of hydrogen-bond acceptors (Lipinski definition) is 2. The normalized spacial score (nSPS) is 46.5. The van der Waals surface area contributed by atoms with Crippen LogP contribution in [0.4, 0.5) is 0 Å². The Bertz CT molecular complexity index is 583. The molecule has 160 valence electrons. The highest BCUT2D eigenvalue weighted by molar-refractivity contribution is 5.70. The van der Waals surface area contributed by atoms with Crippen LogP contribution in [0.15, 0.2) is 0 Å². The first-order chi connectivity index (χ1) is 13.3. The molecule has 28 heavy (non-hydrogen) atoms. The molecule has 2 heteroatoms. The number of fused-ring (bicyclic) bond motifs is 5. The molecule has 0 N–H and O–H groups in total. The molecule has 0 radical (unpaired) electrons. The van der Waals surface area contributed by atoms with Crippen molar-refractivity contribution >= 4 is 5.97 Å².